The van der Waals surface area contributed by atoms with E-state index in [1.54, 1.807) is 0 Å². The van der Waals surface area contributed by atoms with E-state index < -0.39 is 23.7 Å². The van der Waals surface area contributed by atoms with Crippen LogP contribution in [0.15, 0.2) is 35.5 Å². The molecule has 5 saturated carbocycles. The molecule has 5 fully saturated rings. The fraction of sp³-hybridized carbons (Fsp3) is 0.837. The number of hydrogen-bond donors (Lipinski definition) is 3. The second-order valence-electron chi connectivity index (χ2n) is 19.8. The molecule has 7 aliphatic rings. The lowest BCUT2D eigenvalue weighted by atomic mass is 9.33. The zero-order chi connectivity index (χ0) is 34.5. The third-order valence-electron chi connectivity index (χ3n) is 17.7. The Kier molecular flexibility index (Phi) is 8.39. The van der Waals surface area contributed by atoms with Crippen molar-refractivity contribution in [2.24, 2.45) is 56.7 Å². The smallest absolute Gasteiger partial charge is 0.312 e. The molecule has 0 bridgehead atoms. The normalized spacial score (nSPS) is 47.3. The van der Waals surface area contributed by atoms with Gasteiger partial charge in [0.15, 0.2) is 0 Å². The van der Waals surface area contributed by atoms with E-state index in [0.717, 1.165) is 32.2 Å². The average Bonchev–Trinajstić information content (AvgIpc) is 3.40. The molecule has 0 heterocycles. The summed E-state index contributed by atoms with van der Waals surface area (Å²) in [6.45, 7) is 20.0. The van der Waals surface area contributed by atoms with Gasteiger partial charge in [-0.2, -0.15) is 0 Å². The number of carboxylic acids is 1. The summed E-state index contributed by atoms with van der Waals surface area (Å²) in [5, 5.41) is 24.9. The predicted molar refractivity (Wildman–Crippen MR) is 192 cm³/mol. The second kappa shape index (κ2) is 11.5. The van der Waals surface area contributed by atoms with Crippen LogP contribution in [0.25, 0.3) is 0 Å². The second-order valence-corrected chi connectivity index (χ2v) is 19.8. The van der Waals surface area contributed by atoms with Crippen LogP contribution in [0.5, 0.6) is 0 Å². The van der Waals surface area contributed by atoms with Crippen molar-refractivity contribution in [3.63, 3.8) is 0 Å². The standard InChI is InChI=1S/C43H66FNO3/c1-28(2)30-13-22-43(45-26-25-42(48)16-8-17-42)24-23-39(6)32(35(30)43)9-10-34-38(5)18-14-31(37(3,4)33(38)15-19-40(34,39)7)29-11-20-41(27-44,21-12-29)36(46)47/h11,14,30,32-35,45,48H,1,8-10,12-13,15-27H2,2-7H3,(H,46,47)/t30-,32+,33-,34+,35+,38-,39+,40+,41?,43-/m0/s1. The SMILES string of the molecule is C=C(C)[C@@H]1CC[C@]2(NCCC3(O)CCC3)CC[C@]3(C)[C@H](CC[C@@H]4[C@@]5(C)CC=C(C6=CCC(CF)(C(=O)O)CC6)C(C)(C)[C@@H]5CC[C@]43C)[C@@H]12. The molecule has 5 heteroatoms. The summed E-state index contributed by atoms with van der Waals surface area (Å²) >= 11 is 0. The van der Waals surface area contributed by atoms with Crippen LogP contribution in [-0.4, -0.2) is 40.5 Å². The number of rotatable bonds is 8. The molecule has 0 saturated heterocycles. The molecule has 0 spiro atoms. The Labute approximate surface area is 290 Å². The van der Waals surface area contributed by atoms with Crippen LogP contribution in [0.3, 0.4) is 0 Å². The van der Waals surface area contributed by atoms with Gasteiger partial charge in [-0.3, -0.25) is 4.79 Å². The maximum absolute atomic E-state index is 13.9. The van der Waals surface area contributed by atoms with Crippen LogP contribution in [0, 0.1) is 56.7 Å². The topological polar surface area (TPSA) is 69.6 Å². The fourth-order valence-electron chi connectivity index (χ4n) is 14.5. The lowest BCUT2D eigenvalue weighted by molar-refractivity contribution is -0.221. The molecule has 7 aliphatic carbocycles. The number of aliphatic carboxylic acids is 1. The van der Waals surface area contributed by atoms with Crippen molar-refractivity contribution < 1.29 is 19.4 Å². The van der Waals surface area contributed by atoms with Crippen molar-refractivity contribution in [3.05, 3.63) is 35.5 Å². The Morgan fingerprint density at radius 3 is 2.27 bits per heavy atom. The van der Waals surface area contributed by atoms with Gasteiger partial charge in [-0.05, 0) is 179 Å². The maximum atomic E-state index is 13.9. The van der Waals surface area contributed by atoms with Gasteiger partial charge in [0.2, 0.25) is 0 Å². The molecule has 3 N–H and O–H groups in total. The zero-order valence-electron chi connectivity index (χ0n) is 31.2. The van der Waals surface area contributed by atoms with E-state index in [4.69, 9.17) is 0 Å². The molecule has 0 aromatic rings. The molecule has 1 unspecified atom stereocenters. The number of halogens is 1. The molecule has 10 atom stereocenters. The highest BCUT2D eigenvalue weighted by Gasteiger charge is 2.70. The maximum Gasteiger partial charge on any atom is 0.312 e. The van der Waals surface area contributed by atoms with Crippen LogP contribution >= 0.6 is 0 Å². The van der Waals surface area contributed by atoms with E-state index in [2.05, 4.69) is 65.6 Å². The monoisotopic (exact) mass is 664 g/mol. The summed E-state index contributed by atoms with van der Waals surface area (Å²) in [6, 6.07) is 0. The lowest BCUT2D eigenvalue weighted by Crippen LogP contribution is -2.68. The van der Waals surface area contributed by atoms with E-state index in [1.165, 1.54) is 74.5 Å². The molecule has 0 aromatic carbocycles. The Hall–Kier alpha value is -1.46. The van der Waals surface area contributed by atoms with Crippen molar-refractivity contribution >= 4 is 5.97 Å². The third-order valence-corrected chi connectivity index (χ3v) is 17.7. The van der Waals surface area contributed by atoms with Gasteiger partial charge in [0.25, 0.3) is 0 Å². The molecule has 0 radical (unpaired) electrons. The number of fused-ring (bicyclic) bond motifs is 7. The summed E-state index contributed by atoms with van der Waals surface area (Å²) in [5.74, 6) is 2.16. The first kappa shape index (κ1) is 35.0. The van der Waals surface area contributed by atoms with Gasteiger partial charge in [0, 0.05) is 5.54 Å². The zero-order valence-corrected chi connectivity index (χ0v) is 31.2. The number of alkyl halides is 1. The van der Waals surface area contributed by atoms with Gasteiger partial charge in [0.1, 0.15) is 6.67 Å². The molecular weight excluding hydrogens is 597 g/mol. The highest BCUT2D eigenvalue weighted by molar-refractivity contribution is 5.75. The van der Waals surface area contributed by atoms with Crippen LogP contribution in [0.1, 0.15) is 144 Å². The molecule has 0 aliphatic heterocycles. The lowest BCUT2D eigenvalue weighted by Gasteiger charge is -2.72. The minimum atomic E-state index is -1.24. The van der Waals surface area contributed by atoms with E-state index in [9.17, 15) is 19.4 Å². The first-order valence-corrected chi connectivity index (χ1v) is 19.8. The highest BCUT2D eigenvalue weighted by Crippen LogP contribution is 2.76. The van der Waals surface area contributed by atoms with Crippen molar-refractivity contribution in [1.82, 2.24) is 5.32 Å². The third kappa shape index (κ3) is 4.81. The van der Waals surface area contributed by atoms with Gasteiger partial charge in [-0.15, -0.1) is 0 Å². The molecule has 0 amide bonds. The Morgan fingerprint density at radius 1 is 0.917 bits per heavy atom. The summed E-state index contributed by atoms with van der Waals surface area (Å²) < 4.78 is 13.9. The van der Waals surface area contributed by atoms with Gasteiger partial charge in [0.05, 0.1) is 11.0 Å². The van der Waals surface area contributed by atoms with Gasteiger partial charge < -0.3 is 15.5 Å². The van der Waals surface area contributed by atoms with Gasteiger partial charge in [-0.1, -0.05) is 58.9 Å². The minimum Gasteiger partial charge on any atom is -0.481 e. The van der Waals surface area contributed by atoms with Crippen molar-refractivity contribution in [3.8, 4) is 0 Å². The summed E-state index contributed by atoms with van der Waals surface area (Å²) in [5.41, 5.74) is 3.38. The first-order valence-electron chi connectivity index (χ1n) is 19.8. The molecule has 48 heavy (non-hydrogen) atoms. The molecule has 4 nitrogen and oxygen atoms in total. The highest BCUT2D eigenvalue weighted by atomic mass is 19.1. The van der Waals surface area contributed by atoms with Crippen molar-refractivity contribution in [1.29, 1.82) is 0 Å². The molecular formula is C43H66FNO3. The molecule has 268 valence electrons. The number of carbonyl (C=O) groups is 1. The largest absolute Gasteiger partial charge is 0.481 e. The van der Waals surface area contributed by atoms with Crippen LogP contribution < -0.4 is 5.32 Å². The Bertz CT molecular complexity index is 1390. The van der Waals surface area contributed by atoms with Crippen LogP contribution in [-0.2, 0) is 4.79 Å². The van der Waals surface area contributed by atoms with Crippen LogP contribution in [0.2, 0.25) is 0 Å². The number of nitrogens with one attached hydrogen (secondary N) is 1. The average molecular weight is 664 g/mol. The van der Waals surface area contributed by atoms with Gasteiger partial charge in [-0.25, -0.2) is 4.39 Å². The summed E-state index contributed by atoms with van der Waals surface area (Å²) in [4.78, 5) is 12.0. The van der Waals surface area contributed by atoms with Gasteiger partial charge >= 0.3 is 5.97 Å². The quantitative estimate of drug-likeness (QED) is 0.226. The van der Waals surface area contributed by atoms with Crippen LogP contribution in [0.4, 0.5) is 4.39 Å². The van der Waals surface area contributed by atoms with E-state index in [-0.39, 0.29) is 27.2 Å². The fourth-order valence-corrected chi connectivity index (χ4v) is 14.5. The Morgan fingerprint density at radius 2 is 1.67 bits per heavy atom. The Balaban J connectivity index is 1.16. The summed E-state index contributed by atoms with van der Waals surface area (Å²) in [6.07, 6.45) is 21.2. The molecule has 0 aromatic heterocycles. The van der Waals surface area contributed by atoms with E-state index in [1.807, 2.05) is 0 Å². The number of carboxylic acid groups (broad SMARTS) is 1. The number of hydrogen-bond acceptors (Lipinski definition) is 3. The van der Waals surface area contributed by atoms with Crippen molar-refractivity contribution in [2.45, 2.75) is 155 Å². The summed E-state index contributed by atoms with van der Waals surface area (Å²) in [7, 11) is 0. The first-order chi connectivity index (χ1) is 22.5. The number of aliphatic hydroxyl groups is 1. The number of allylic oxidation sites excluding steroid dienone is 5. The molecule has 7 rings (SSSR count). The van der Waals surface area contributed by atoms with Crippen molar-refractivity contribution in [2.75, 3.05) is 13.2 Å². The minimum absolute atomic E-state index is 0.00347. The van der Waals surface area contributed by atoms with E-state index in [0.29, 0.717) is 48.9 Å². The van der Waals surface area contributed by atoms with E-state index >= 15 is 0 Å². The predicted octanol–water partition coefficient (Wildman–Crippen LogP) is 9.98.